The maximum Gasteiger partial charge on any atom is 0.130 e. The fourth-order valence-corrected chi connectivity index (χ4v) is 2.76. The normalized spacial score (nSPS) is 14.0. The largest absolute Gasteiger partial charge is 0.340 e. The van der Waals surface area contributed by atoms with Crippen LogP contribution in [0.1, 0.15) is 22.3 Å². The molecule has 0 unspecified atom stereocenters. The number of benzene rings is 2. The van der Waals surface area contributed by atoms with Gasteiger partial charge in [0.15, 0.2) is 0 Å². The van der Waals surface area contributed by atoms with Crippen molar-refractivity contribution in [2.24, 2.45) is 0 Å². The van der Waals surface area contributed by atoms with Gasteiger partial charge in [-0.1, -0.05) is 48.6 Å². The summed E-state index contributed by atoms with van der Waals surface area (Å²) in [5.74, 6) is 0.883. The number of pyridine rings is 1. The summed E-state index contributed by atoms with van der Waals surface area (Å²) in [6.07, 6.45) is 7.08. The first-order chi connectivity index (χ1) is 10.8. The molecule has 1 aliphatic heterocycles. The van der Waals surface area contributed by atoms with Crippen LogP contribution < -0.4 is 5.32 Å². The summed E-state index contributed by atoms with van der Waals surface area (Å²) in [5, 5.41) is 3.38. The molecule has 106 valence electrons. The molecular weight excluding hydrogens is 268 g/mol. The van der Waals surface area contributed by atoms with Gasteiger partial charge in [0, 0.05) is 11.9 Å². The van der Waals surface area contributed by atoms with E-state index in [4.69, 9.17) is 0 Å². The molecule has 1 aliphatic rings. The Morgan fingerprint density at radius 2 is 1.55 bits per heavy atom. The minimum atomic E-state index is 0.883. The second kappa shape index (κ2) is 5.49. The summed E-state index contributed by atoms with van der Waals surface area (Å²) in [7, 11) is 0. The molecule has 0 aliphatic carbocycles. The quantitative estimate of drug-likeness (QED) is 0.497. The Labute approximate surface area is 130 Å². The lowest BCUT2D eigenvalue weighted by Crippen LogP contribution is -1.96. The standard InChI is InChI=1S/C20H16N2/c1-3-15-7-8-16-4-2-6-19(13-16)22-20-14-18(9-10-21-20)12-17(5-1)11-15/h1-11,13-14H,12H2,(H,21,22)/b8-7-. The molecule has 2 heterocycles. The third-order valence-corrected chi connectivity index (χ3v) is 3.81. The third kappa shape index (κ3) is 2.77. The molecule has 0 spiro atoms. The fraction of sp³-hybridized carbons (Fsp3) is 0.0500. The number of rotatable bonds is 0. The molecular formula is C20H16N2. The van der Waals surface area contributed by atoms with Crippen LogP contribution in [0.2, 0.25) is 0 Å². The van der Waals surface area contributed by atoms with E-state index in [0.29, 0.717) is 0 Å². The maximum absolute atomic E-state index is 4.42. The van der Waals surface area contributed by atoms with Crippen molar-refractivity contribution in [1.82, 2.24) is 4.98 Å². The van der Waals surface area contributed by atoms with Gasteiger partial charge in [-0.25, -0.2) is 4.98 Å². The van der Waals surface area contributed by atoms with Gasteiger partial charge in [0.25, 0.3) is 0 Å². The molecule has 0 fully saturated rings. The average Bonchev–Trinajstić information content (AvgIpc) is 2.54. The van der Waals surface area contributed by atoms with Crippen LogP contribution in [0.5, 0.6) is 0 Å². The van der Waals surface area contributed by atoms with Gasteiger partial charge in [-0.2, -0.15) is 0 Å². The number of anilines is 2. The molecule has 6 bridgehead atoms. The average molecular weight is 284 g/mol. The van der Waals surface area contributed by atoms with Crippen molar-refractivity contribution in [3.63, 3.8) is 0 Å². The Morgan fingerprint density at radius 3 is 2.45 bits per heavy atom. The van der Waals surface area contributed by atoms with Gasteiger partial charge in [-0.3, -0.25) is 0 Å². The van der Waals surface area contributed by atoms with E-state index in [2.05, 4.69) is 83.1 Å². The molecule has 2 aromatic carbocycles. The van der Waals surface area contributed by atoms with Crippen LogP contribution >= 0.6 is 0 Å². The first-order valence-electron chi connectivity index (χ1n) is 7.44. The number of nitrogens with zero attached hydrogens (tertiary/aromatic N) is 1. The first-order valence-corrected chi connectivity index (χ1v) is 7.44. The second-order valence-corrected chi connectivity index (χ2v) is 5.55. The lowest BCUT2D eigenvalue weighted by molar-refractivity contribution is 1.16. The van der Waals surface area contributed by atoms with E-state index in [0.717, 1.165) is 17.9 Å². The predicted octanol–water partition coefficient (Wildman–Crippen LogP) is 4.90. The highest BCUT2D eigenvalue weighted by atomic mass is 15.0. The van der Waals surface area contributed by atoms with E-state index >= 15 is 0 Å². The van der Waals surface area contributed by atoms with Crippen molar-refractivity contribution in [3.05, 3.63) is 89.1 Å². The Morgan fingerprint density at radius 1 is 0.773 bits per heavy atom. The highest BCUT2D eigenvalue weighted by Gasteiger charge is 2.03. The predicted molar refractivity (Wildman–Crippen MR) is 92.1 cm³/mol. The Kier molecular flexibility index (Phi) is 3.20. The Hall–Kier alpha value is -2.87. The molecule has 0 atom stereocenters. The van der Waals surface area contributed by atoms with E-state index in [-0.39, 0.29) is 0 Å². The van der Waals surface area contributed by atoms with E-state index in [1.165, 1.54) is 22.3 Å². The van der Waals surface area contributed by atoms with Crippen LogP contribution in [0.4, 0.5) is 11.5 Å². The summed E-state index contributed by atoms with van der Waals surface area (Å²) in [5.41, 5.74) is 6.02. The SMILES string of the molecule is C1=C\c2cccc(c2)Nc2cc(ccn2)Cc2cccc/1c2. The number of aromatic nitrogens is 1. The smallest absolute Gasteiger partial charge is 0.130 e. The summed E-state index contributed by atoms with van der Waals surface area (Å²) < 4.78 is 0. The van der Waals surface area contributed by atoms with Crippen LogP contribution in [0.3, 0.4) is 0 Å². The van der Waals surface area contributed by atoms with Gasteiger partial charge in [0.05, 0.1) is 0 Å². The molecule has 0 amide bonds. The zero-order valence-corrected chi connectivity index (χ0v) is 12.2. The minimum absolute atomic E-state index is 0.883. The molecule has 0 radical (unpaired) electrons. The number of hydrogen-bond acceptors (Lipinski definition) is 2. The zero-order chi connectivity index (χ0) is 14.8. The molecule has 0 saturated carbocycles. The van der Waals surface area contributed by atoms with Crippen molar-refractivity contribution >= 4 is 23.7 Å². The summed E-state index contributed by atoms with van der Waals surface area (Å²) in [6, 6.07) is 21.2. The van der Waals surface area contributed by atoms with Gasteiger partial charge >= 0.3 is 0 Å². The van der Waals surface area contributed by atoms with E-state index in [9.17, 15) is 0 Å². The van der Waals surface area contributed by atoms with Gasteiger partial charge in [-0.15, -0.1) is 0 Å². The highest BCUT2D eigenvalue weighted by Crippen LogP contribution is 2.21. The van der Waals surface area contributed by atoms with Crippen molar-refractivity contribution in [1.29, 1.82) is 0 Å². The van der Waals surface area contributed by atoms with Crippen molar-refractivity contribution in [2.45, 2.75) is 6.42 Å². The van der Waals surface area contributed by atoms with Crippen molar-refractivity contribution in [2.75, 3.05) is 5.32 Å². The molecule has 2 nitrogen and oxygen atoms in total. The minimum Gasteiger partial charge on any atom is -0.340 e. The van der Waals surface area contributed by atoms with Crippen molar-refractivity contribution < 1.29 is 0 Å². The lowest BCUT2D eigenvalue weighted by Gasteiger charge is -2.08. The molecule has 2 heteroatoms. The van der Waals surface area contributed by atoms with Crippen LogP contribution in [0.15, 0.2) is 66.9 Å². The fourth-order valence-electron chi connectivity index (χ4n) is 2.76. The van der Waals surface area contributed by atoms with E-state index in [1.807, 2.05) is 6.20 Å². The molecule has 1 aromatic heterocycles. The van der Waals surface area contributed by atoms with E-state index < -0.39 is 0 Å². The van der Waals surface area contributed by atoms with Crippen LogP contribution in [-0.2, 0) is 6.42 Å². The lowest BCUT2D eigenvalue weighted by atomic mass is 10.0. The van der Waals surface area contributed by atoms with Crippen LogP contribution in [0, 0.1) is 0 Å². The molecule has 4 rings (SSSR count). The van der Waals surface area contributed by atoms with Gasteiger partial charge in [0.2, 0.25) is 0 Å². The molecule has 3 aromatic rings. The van der Waals surface area contributed by atoms with Gasteiger partial charge in [-0.05, 0) is 52.9 Å². The summed E-state index contributed by atoms with van der Waals surface area (Å²) in [6.45, 7) is 0. The highest BCUT2D eigenvalue weighted by molar-refractivity contribution is 5.72. The van der Waals surface area contributed by atoms with Crippen molar-refractivity contribution in [3.8, 4) is 0 Å². The number of nitrogens with one attached hydrogen (secondary N) is 1. The topological polar surface area (TPSA) is 24.9 Å². The Bertz CT molecular complexity index is 783. The van der Waals surface area contributed by atoms with Crippen LogP contribution in [0.25, 0.3) is 12.2 Å². The third-order valence-electron chi connectivity index (χ3n) is 3.81. The van der Waals surface area contributed by atoms with Gasteiger partial charge < -0.3 is 5.32 Å². The maximum atomic E-state index is 4.42. The molecule has 22 heavy (non-hydrogen) atoms. The second-order valence-electron chi connectivity index (χ2n) is 5.55. The monoisotopic (exact) mass is 284 g/mol. The molecule has 0 saturated heterocycles. The summed E-state index contributed by atoms with van der Waals surface area (Å²) >= 11 is 0. The zero-order valence-electron chi connectivity index (χ0n) is 12.2. The summed E-state index contributed by atoms with van der Waals surface area (Å²) in [4.78, 5) is 4.42. The first kappa shape index (κ1) is 12.8. The van der Waals surface area contributed by atoms with E-state index in [1.54, 1.807) is 0 Å². The molecule has 1 N–H and O–H groups in total. The number of hydrogen-bond donors (Lipinski definition) is 1. The Balaban J connectivity index is 1.87. The van der Waals surface area contributed by atoms with Gasteiger partial charge in [0.1, 0.15) is 5.82 Å². The van der Waals surface area contributed by atoms with Crippen LogP contribution in [-0.4, -0.2) is 4.98 Å². The number of fused-ring (bicyclic) bond motifs is 6.